The predicted octanol–water partition coefficient (Wildman–Crippen LogP) is 0.423. The van der Waals surface area contributed by atoms with Crippen molar-refractivity contribution in [1.82, 2.24) is 0 Å². The fourth-order valence-electron chi connectivity index (χ4n) is 0.973. The highest BCUT2D eigenvalue weighted by molar-refractivity contribution is 7.84. The Morgan fingerprint density at radius 3 is 2.40 bits per heavy atom. The second-order valence-electron chi connectivity index (χ2n) is 2.85. The zero-order chi connectivity index (χ0) is 11.1. The number of rotatable bonds is 6. The van der Waals surface area contributed by atoms with Crippen LogP contribution >= 0.6 is 0 Å². The summed E-state index contributed by atoms with van der Waals surface area (Å²) >= 11 is 0. The molecular weight excluding hydrogens is 218 g/mol. The van der Waals surface area contributed by atoms with Gasteiger partial charge in [-0.25, -0.2) is 5.14 Å². The van der Waals surface area contributed by atoms with Crippen LogP contribution in [0.25, 0.3) is 0 Å². The van der Waals surface area contributed by atoms with Gasteiger partial charge in [-0.15, -0.1) is 0 Å². The predicted molar refractivity (Wildman–Crippen MR) is 55.2 cm³/mol. The molecule has 1 rings (SSSR count). The molecule has 6 heteroatoms. The van der Waals surface area contributed by atoms with Gasteiger partial charge in [0.15, 0.2) is 0 Å². The maximum Gasteiger partial charge on any atom is 0.333 e. The third-order valence-electron chi connectivity index (χ3n) is 1.59. The molecule has 0 bridgehead atoms. The fourth-order valence-corrected chi connectivity index (χ4v) is 1.27. The quantitative estimate of drug-likeness (QED) is 0.720. The average molecular weight is 231 g/mol. The zero-order valence-electron chi connectivity index (χ0n) is 8.13. The maximum absolute atomic E-state index is 10.4. The maximum atomic E-state index is 10.4. The second kappa shape index (κ2) is 5.82. The van der Waals surface area contributed by atoms with E-state index in [1.54, 1.807) is 0 Å². The number of benzene rings is 1. The van der Waals surface area contributed by atoms with Crippen LogP contribution in [0.3, 0.4) is 0 Å². The van der Waals surface area contributed by atoms with Gasteiger partial charge in [0, 0.05) is 0 Å². The van der Waals surface area contributed by atoms with Gasteiger partial charge >= 0.3 is 10.3 Å². The Labute approximate surface area is 89.1 Å². The lowest BCUT2D eigenvalue weighted by atomic mass is 10.2. The summed E-state index contributed by atoms with van der Waals surface area (Å²) in [4.78, 5) is 0. The van der Waals surface area contributed by atoms with E-state index in [-0.39, 0.29) is 13.2 Å². The largest absolute Gasteiger partial charge is 0.374 e. The van der Waals surface area contributed by atoms with Crippen molar-refractivity contribution < 1.29 is 17.3 Å². The highest BCUT2D eigenvalue weighted by Crippen LogP contribution is 2.00. The standard InChI is InChI=1S/C9H13NO4S/c10-15(11,12)14-7-6-13-8-9-4-2-1-3-5-9/h1-5H,6-8H2,(H2,10,11,12). The highest BCUT2D eigenvalue weighted by atomic mass is 32.2. The van der Waals surface area contributed by atoms with E-state index >= 15 is 0 Å². The first-order valence-electron chi connectivity index (χ1n) is 4.37. The molecule has 0 heterocycles. The molecule has 0 saturated carbocycles. The van der Waals surface area contributed by atoms with Gasteiger partial charge < -0.3 is 4.74 Å². The molecule has 0 fully saturated rings. The van der Waals surface area contributed by atoms with Gasteiger partial charge in [0.1, 0.15) is 0 Å². The van der Waals surface area contributed by atoms with E-state index in [0.29, 0.717) is 6.61 Å². The van der Waals surface area contributed by atoms with Gasteiger partial charge in [-0.3, -0.25) is 4.18 Å². The van der Waals surface area contributed by atoms with Crippen LogP contribution in [0.5, 0.6) is 0 Å². The molecule has 0 radical (unpaired) electrons. The average Bonchev–Trinajstić information content (AvgIpc) is 2.17. The Bertz CT molecular complexity index is 376. The van der Waals surface area contributed by atoms with Crippen molar-refractivity contribution in [2.45, 2.75) is 6.61 Å². The van der Waals surface area contributed by atoms with Gasteiger partial charge in [-0.2, -0.15) is 8.42 Å². The summed E-state index contributed by atoms with van der Waals surface area (Å²) in [5.74, 6) is 0. The van der Waals surface area contributed by atoms with E-state index < -0.39 is 10.3 Å². The van der Waals surface area contributed by atoms with Gasteiger partial charge in [-0.1, -0.05) is 30.3 Å². The molecule has 15 heavy (non-hydrogen) atoms. The third kappa shape index (κ3) is 6.19. The molecule has 0 aliphatic carbocycles. The minimum absolute atomic E-state index is 0.0638. The summed E-state index contributed by atoms with van der Waals surface area (Å²) < 4.78 is 30.2. The van der Waals surface area contributed by atoms with Crippen molar-refractivity contribution in [3.05, 3.63) is 35.9 Å². The number of ether oxygens (including phenoxy) is 1. The SMILES string of the molecule is NS(=O)(=O)OCCOCc1ccccc1. The van der Waals surface area contributed by atoms with Crippen LogP contribution in [0.2, 0.25) is 0 Å². The summed E-state index contributed by atoms with van der Waals surface area (Å²) in [6, 6.07) is 9.55. The minimum Gasteiger partial charge on any atom is -0.374 e. The summed E-state index contributed by atoms with van der Waals surface area (Å²) in [7, 11) is -3.85. The lowest BCUT2D eigenvalue weighted by molar-refractivity contribution is 0.0908. The summed E-state index contributed by atoms with van der Waals surface area (Å²) in [6.45, 7) is 0.547. The Morgan fingerprint density at radius 1 is 1.13 bits per heavy atom. The molecule has 0 aliphatic heterocycles. The molecule has 0 atom stereocenters. The van der Waals surface area contributed by atoms with Crippen molar-refractivity contribution in [3.8, 4) is 0 Å². The fraction of sp³-hybridized carbons (Fsp3) is 0.333. The first-order valence-corrected chi connectivity index (χ1v) is 5.84. The summed E-state index contributed by atoms with van der Waals surface area (Å²) in [5, 5.41) is 4.62. The number of hydrogen-bond acceptors (Lipinski definition) is 4. The molecule has 1 aromatic carbocycles. The van der Waals surface area contributed by atoms with Crippen LogP contribution in [-0.2, 0) is 25.8 Å². The molecule has 0 spiro atoms. The Kier molecular flexibility index (Phi) is 4.70. The molecule has 0 unspecified atom stereocenters. The molecule has 2 N–H and O–H groups in total. The highest BCUT2D eigenvalue weighted by Gasteiger charge is 2.00. The summed E-state index contributed by atoms with van der Waals surface area (Å²) in [6.07, 6.45) is 0. The van der Waals surface area contributed by atoms with Crippen molar-refractivity contribution in [2.24, 2.45) is 5.14 Å². The van der Waals surface area contributed by atoms with Crippen molar-refractivity contribution >= 4 is 10.3 Å². The molecule has 0 aliphatic rings. The number of nitrogens with two attached hydrogens (primary N) is 1. The van der Waals surface area contributed by atoms with Crippen molar-refractivity contribution in [1.29, 1.82) is 0 Å². The van der Waals surface area contributed by atoms with Gasteiger partial charge in [0.25, 0.3) is 0 Å². The minimum atomic E-state index is -3.85. The van der Waals surface area contributed by atoms with E-state index in [1.807, 2.05) is 30.3 Å². The topological polar surface area (TPSA) is 78.6 Å². The molecular formula is C9H13NO4S. The Morgan fingerprint density at radius 2 is 1.80 bits per heavy atom. The first kappa shape index (κ1) is 12.1. The lowest BCUT2D eigenvalue weighted by Gasteiger charge is -2.03. The first-order chi connectivity index (χ1) is 7.08. The monoisotopic (exact) mass is 231 g/mol. The van der Waals surface area contributed by atoms with Crippen molar-refractivity contribution in [2.75, 3.05) is 13.2 Å². The molecule has 0 amide bonds. The second-order valence-corrected chi connectivity index (χ2v) is 4.07. The molecule has 0 saturated heterocycles. The van der Waals surface area contributed by atoms with E-state index in [9.17, 15) is 8.42 Å². The van der Waals surface area contributed by atoms with E-state index in [1.165, 1.54) is 0 Å². The number of hydrogen-bond donors (Lipinski definition) is 1. The van der Waals surface area contributed by atoms with Gasteiger partial charge in [0.05, 0.1) is 19.8 Å². The van der Waals surface area contributed by atoms with Gasteiger partial charge in [0.2, 0.25) is 0 Å². The Hall–Kier alpha value is -0.950. The normalized spacial score (nSPS) is 11.5. The van der Waals surface area contributed by atoms with Crippen LogP contribution in [0.1, 0.15) is 5.56 Å². The summed E-state index contributed by atoms with van der Waals surface area (Å²) in [5.41, 5.74) is 1.02. The Balaban J connectivity index is 2.13. The third-order valence-corrected chi connectivity index (χ3v) is 2.08. The molecule has 0 aromatic heterocycles. The van der Waals surface area contributed by atoms with Crippen LogP contribution in [0.4, 0.5) is 0 Å². The van der Waals surface area contributed by atoms with Crippen LogP contribution < -0.4 is 5.14 Å². The van der Waals surface area contributed by atoms with Gasteiger partial charge in [-0.05, 0) is 5.56 Å². The van der Waals surface area contributed by atoms with Crippen LogP contribution in [0.15, 0.2) is 30.3 Å². The van der Waals surface area contributed by atoms with E-state index in [4.69, 9.17) is 4.74 Å². The zero-order valence-corrected chi connectivity index (χ0v) is 8.94. The lowest BCUT2D eigenvalue weighted by Crippen LogP contribution is -2.18. The van der Waals surface area contributed by atoms with E-state index in [0.717, 1.165) is 5.56 Å². The van der Waals surface area contributed by atoms with Crippen molar-refractivity contribution in [3.63, 3.8) is 0 Å². The smallest absolute Gasteiger partial charge is 0.333 e. The molecule has 1 aromatic rings. The van der Waals surface area contributed by atoms with Crippen LogP contribution in [0, 0.1) is 0 Å². The molecule has 84 valence electrons. The molecule has 5 nitrogen and oxygen atoms in total. The van der Waals surface area contributed by atoms with Crippen LogP contribution in [-0.4, -0.2) is 21.6 Å². The van der Waals surface area contributed by atoms with E-state index in [2.05, 4.69) is 9.32 Å².